The molecule has 1 rings (SSSR count). The van der Waals surface area contributed by atoms with Crippen LogP contribution in [-0.2, 0) is 9.53 Å². The summed E-state index contributed by atoms with van der Waals surface area (Å²) in [5.41, 5.74) is 0. The van der Waals surface area contributed by atoms with Crippen molar-refractivity contribution in [3.63, 3.8) is 0 Å². The van der Waals surface area contributed by atoms with Crippen molar-refractivity contribution in [1.29, 1.82) is 0 Å². The van der Waals surface area contributed by atoms with Gasteiger partial charge in [-0.2, -0.15) is 8.78 Å². The highest BCUT2D eigenvalue weighted by atomic mass is 19.3. The van der Waals surface area contributed by atoms with E-state index in [9.17, 15) is 13.6 Å². The van der Waals surface area contributed by atoms with Crippen LogP contribution in [0.4, 0.5) is 8.78 Å². The average molecular weight is 221 g/mol. The Kier molecular flexibility index (Phi) is 4.45. The minimum Gasteiger partial charge on any atom is -0.381 e. The molecule has 88 valence electrons. The van der Waals surface area contributed by atoms with Gasteiger partial charge in [-0.05, 0) is 12.8 Å². The Morgan fingerprint density at radius 3 is 3.00 bits per heavy atom. The van der Waals surface area contributed by atoms with E-state index in [1.165, 1.54) is 0 Å². The zero-order chi connectivity index (χ0) is 11.3. The van der Waals surface area contributed by atoms with Crippen molar-refractivity contribution < 1.29 is 18.3 Å². The third kappa shape index (κ3) is 3.12. The molecule has 0 saturated carbocycles. The van der Waals surface area contributed by atoms with Gasteiger partial charge < -0.3 is 10.1 Å². The fourth-order valence-electron chi connectivity index (χ4n) is 1.50. The highest BCUT2D eigenvalue weighted by molar-refractivity contribution is 5.84. The van der Waals surface area contributed by atoms with Crippen LogP contribution in [0.1, 0.15) is 26.2 Å². The van der Waals surface area contributed by atoms with Crippen LogP contribution in [0.5, 0.6) is 0 Å². The Balaban J connectivity index is 2.36. The number of rotatable bonds is 5. The molecule has 3 nitrogen and oxygen atoms in total. The molecular formula is C10H17F2NO2. The average Bonchev–Trinajstić information content (AvgIpc) is 2.19. The minimum absolute atomic E-state index is 0.0274. The maximum Gasteiger partial charge on any atom is 0.329 e. The summed E-state index contributed by atoms with van der Waals surface area (Å²) in [6, 6.07) is 0. The second-order valence-electron chi connectivity index (χ2n) is 3.79. The molecule has 1 heterocycles. The summed E-state index contributed by atoms with van der Waals surface area (Å²) < 4.78 is 31.7. The molecule has 1 fully saturated rings. The lowest BCUT2D eigenvalue weighted by atomic mass is 9.94. The van der Waals surface area contributed by atoms with Gasteiger partial charge in [0.1, 0.15) is 0 Å². The largest absolute Gasteiger partial charge is 0.381 e. The first-order chi connectivity index (χ1) is 7.09. The van der Waals surface area contributed by atoms with E-state index in [0.29, 0.717) is 13.2 Å². The molecule has 5 heteroatoms. The molecule has 0 spiro atoms. The van der Waals surface area contributed by atoms with Crippen LogP contribution in [0.2, 0.25) is 0 Å². The van der Waals surface area contributed by atoms with Crippen molar-refractivity contribution in [3.8, 4) is 0 Å². The van der Waals surface area contributed by atoms with Gasteiger partial charge >= 0.3 is 5.92 Å². The fraction of sp³-hybridized carbons (Fsp3) is 0.900. The molecule has 0 aromatic carbocycles. The Morgan fingerprint density at radius 2 is 2.33 bits per heavy atom. The second kappa shape index (κ2) is 5.39. The summed E-state index contributed by atoms with van der Waals surface area (Å²) in [5.74, 6) is -5.41. The SMILES string of the molecule is CCCCOCC1CCNC(=O)C1(F)F. The number of piperidine rings is 1. The number of ether oxygens (including phenoxy) is 1. The molecule has 0 aromatic rings. The summed E-state index contributed by atoms with van der Waals surface area (Å²) >= 11 is 0. The van der Waals surface area contributed by atoms with Gasteiger partial charge in [-0.15, -0.1) is 0 Å². The third-order valence-electron chi connectivity index (χ3n) is 2.56. The van der Waals surface area contributed by atoms with Crippen molar-refractivity contribution in [2.75, 3.05) is 19.8 Å². The smallest absolute Gasteiger partial charge is 0.329 e. The van der Waals surface area contributed by atoms with Crippen molar-refractivity contribution in [1.82, 2.24) is 5.32 Å². The Hall–Kier alpha value is -0.710. The zero-order valence-electron chi connectivity index (χ0n) is 8.89. The molecule has 0 aromatic heterocycles. The lowest BCUT2D eigenvalue weighted by Crippen LogP contribution is -2.52. The van der Waals surface area contributed by atoms with E-state index < -0.39 is 17.7 Å². The summed E-state index contributed by atoms with van der Waals surface area (Å²) in [6.45, 7) is 2.79. The summed E-state index contributed by atoms with van der Waals surface area (Å²) in [7, 11) is 0. The summed E-state index contributed by atoms with van der Waals surface area (Å²) in [4.78, 5) is 10.9. The van der Waals surface area contributed by atoms with E-state index in [1.54, 1.807) is 0 Å². The lowest BCUT2D eigenvalue weighted by molar-refractivity contribution is -0.163. The van der Waals surface area contributed by atoms with E-state index in [-0.39, 0.29) is 13.0 Å². The van der Waals surface area contributed by atoms with Gasteiger partial charge in [0.05, 0.1) is 12.5 Å². The van der Waals surface area contributed by atoms with Crippen molar-refractivity contribution >= 4 is 5.91 Å². The number of carbonyl (C=O) groups is 1. The van der Waals surface area contributed by atoms with Gasteiger partial charge in [0, 0.05) is 13.2 Å². The number of nitrogens with one attached hydrogen (secondary N) is 1. The van der Waals surface area contributed by atoms with E-state index in [4.69, 9.17) is 4.74 Å². The lowest BCUT2D eigenvalue weighted by Gasteiger charge is -2.30. The van der Waals surface area contributed by atoms with Crippen LogP contribution in [0.3, 0.4) is 0 Å². The number of unbranched alkanes of at least 4 members (excludes halogenated alkanes) is 1. The number of amides is 1. The number of hydrogen-bond acceptors (Lipinski definition) is 2. The maximum atomic E-state index is 13.3. The van der Waals surface area contributed by atoms with Crippen LogP contribution >= 0.6 is 0 Å². The third-order valence-corrected chi connectivity index (χ3v) is 2.56. The molecule has 0 aliphatic carbocycles. The van der Waals surface area contributed by atoms with Crippen molar-refractivity contribution in [2.45, 2.75) is 32.1 Å². The fourth-order valence-corrected chi connectivity index (χ4v) is 1.50. The van der Waals surface area contributed by atoms with Gasteiger partial charge in [-0.1, -0.05) is 13.3 Å². The molecule has 0 radical (unpaired) electrons. The van der Waals surface area contributed by atoms with Gasteiger partial charge in [0.25, 0.3) is 5.91 Å². The first-order valence-corrected chi connectivity index (χ1v) is 5.33. The number of alkyl halides is 2. The van der Waals surface area contributed by atoms with Gasteiger partial charge in [-0.3, -0.25) is 4.79 Å². The first kappa shape index (κ1) is 12.4. The number of carbonyl (C=O) groups excluding carboxylic acids is 1. The number of hydrogen-bond donors (Lipinski definition) is 1. The molecule has 0 bridgehead atoms. The molecule has 1 saturated heterocycles. The predicted octanol–water partition coefficient (Wildman–Crippen LogP) is 1.57. The Morgan fingerprint density at radius 1 is 1.60 bits per heavy atom. The normalized spacial score (nSPS) is 25.0. The molecule has 15 heavy (non-hydrogen) atoms. The molecule has 1 aliphatic rings. The topological polar surface area (TPSA) is 38.3 Å². The molecule has 1 unspecified atom stereocenters. The quantitative estimate of drug-likeness (QED) is 0.716. The van der Waals surface area contributed by atoms with Crippen LogP contribution in [0, 0.1) is 5.92 Å². The zero-order valence-corrected chi connectivity index (χ0v) is 8.89. The summed E-state index contributed by atoms with van der Waals surface area (Å²) in [6.07, 6.45) is 2.12. The summed E-state index contributed by atoms with van der Waals surface area (Å²) in [5, 5.41) is 2.16. The van der Waals surface area contributed by atoms with E-state index in [2.05, 4.69) is 5.32 Å². The van der Waals surface area contributed by atoms with E-state index in [1.807, 2.05) is 6.92 Å². The van der Waals surface area contributed by atoms with E-state index >= 15 is 0 Å². The molecule has 1 N–H and O–H groups in total. The van der Waals surface area contributed by atoms with Crippen LogP contribution in [0.15, 0.2) is 0 Å². The monoisotopic (exact) mass is 221 g/mol. The van der Waals surface area contributed by atoms with Crippen LogP contribution < -0.4 is 5.32 Å². The Bertz CT molecular complexity index is 221. The second-order valence-corrected chi connectivity index (χ2v) is 3.79. The molecule has 1 amide bonds. The minimum atomic E-state index is -3.27. The van der Waals surface area contributed by atoms with Gasteiger partial charge in [0.2, 0.25) is 0 Å². The van der Waals surface area contributed by atoms with Crippen molar-refractivity contribution in [2.24, 2.45) is 5.92 Å². The predicted molar refractivity (Wildman–Crippen MR) is 51.8 cm³/mol. The maximum absolute atomic E-state index is 13.3. The van der Waals surface area contributed by atoms with E-state index in [0.717, 1.165) is 12.8 Å². The van der Waals surface area contributed by atoms with Gasteiger partial charge in [-0.25, -0.2) is 0 Å². The van der Waals surface area contributed by atoms with Crippen LogP contribution in [-0.4, -0.2) is 31.6 Å². The number of halogens is 2. The highest BCUT2D eigenvalue weighted by Crippen LogP contribution is 2.30. The highest BCUT2D eigenvalue weighted by Gasteiger charge is 2.49. The van der Waals surface area contributed by atoms with Crippen LogP contribution in [0.25, 0.3) is 0 Å². The first-order valence-electron chi connectivity index (χ1n) is 5.33. The molecule has 1 aliphatic heterocycles. The van der Waals surface area contributed by atoms with Gasteiger partial charge in [0.15, 0.2) is 0 Å². The Labute approximate surface area is 88.2 Å². The molecular weight excluding hydrogens is 204 g/mol. The van der Waals surface area contributed by atoms with Crippen molar-refractivity contribution in [3.05, 3.63) is 0 Å². The molecule has 1 atom stereocenters. The standard InChI is InChI=1S/C10H17F2NO2/c1-2-3-6-15-7-8-4-5-13-9(14)10(8,11)12/h8H,2-7H2,1H3,(H,13,14).